The van der Waals surface area contributed by atoms with Crippen LogP contribution in [0.3, 0.4) is 0 Å². The van der Waals surface area contributed by atoms with Crippen LogP contribution >= 0.6 is 0 Å². The third kappa shape index (κ3) is 3.21. The second-order valence-electron chi connectivity index (χ2n) is 5.82. The lowest BCUT2D eigenvalue weighted by atomic mass is 10.2. The number of nitrogens with zero attached hydrogens (tertiary/aromatic N) is 4. The van der Waals surface area contributed by atoms with Gasteiger partial charge in [0.1, 0.15) is 23.3 Å². The third-order valence-corrected chi connectivity index (χ3v) is 4.14. The molecule has 0 bridgehead atoms. The Kier molecular flexibility index (Phi) is 4.44. The van der Waals surface area contributed by atoms with Gasteiger partial charge in [-0.05, 0) is 17.7 Å². The smallest absolute Gasteiger partial charge is 0.274 e. The van der Waals surface area contributed by atoms with E-state index < -0.39 is 5.91 Å². The summed E-state index contributed by atoms with van der Waals surface area (Å²) >= 11 is 0. The summed E-state index contributed by atoms with van der Waals surface area (Å²) in [6, 6.07) is 5.91. The average Bonchev–Trinajstić information content (AvgIpc) is 3.12. The van der Waals surface area contributed by atoms with Gasteiger partial charge in [0.25, 0.3) is 11.6 Å². The Morgan fingerprint density at radius 2 is 1.96 bits per heavy atom. The third-order valence-electron chi connectivity index (χ3n) is 4.14. The highest BCUT2D eigenvalue weighted by atomic mass is 19.1. The van der Waals surface area contributed by atoms with Gasteiger partial charge in [0, 0.05) is 19.6 Å². The number of ether oxygens (including phenoxy) is 1. The molecule has 3 aromatic rings. The Labute approximate surface area is 148 Å². The summed E-state index contributed by atoms with van der Waals surface area (Å²) < 4.78 is 23.5. The molecule has 1 amide bonds. The van der Waals surface area contributed by atoms with Crippen LogP contribution in [0, 0.1) is 5.82 Å². The maximum absolute atomic E-state index is 13.0. The number of fused-ring (bicyclic) bond motifs is 1. The summed E-state index contributed by atoms with van der Waals surface area (Å²) in [5.41, 5.74) is 1.16. The number of rotatable bonds is 4. The lowest BCUT2D eigenvalue weighted by Gasteiger charge is -2.27. The fraction of sp³-hybridized carbons (Fsp3) is 0.294. The number of carbonyl (C=O) groups excluding carboxylic acids is 1. The van der Waals surface area contributed by atoms with E-state index in [1.54, 1.807) is 12.1 Å². The van der Waals surface area contributed by atoms with Gasteiger partial charge in [-0.15, -0.1) is 0 Å². The van der Waals surface area contributed by atoms with E-state index in [0.717, 1.165) is 5.56 Å². The zero-order valence-electron chi connectivity index (χ0n) is 13.8. The molecular formula is C17H16FN5O3. The molecule has 0 atom stereocenters. The first-order valence-corrected chi connectivity index (χ1v) is 8.18. The summed E-state index contributed by atoms with van der Waals surface area (Å²) in [4.78, 5) is 23.0. The molecule has 2 aromatic heterocycles. The van der Waals surface area contributed by atoms with Gasteiger partial charge in [0.15, 0.2) is 5.69 Å². The molecule has 1 aliphatic rings. The number of amides is 1. The van der Waals surface area contributed by atoms with Crippen molar-refractivity contribution in [3.8, 4) is 0 Å². The molecule has 1 saturated heterocycles. The Bertz CT molecular complexity index is 922. The molecular weight excluding hydrogens is 341 g/mol. The predicted molar refractivity (Wildman–Crippen MR) is 90.2 cm³/mol. The topological polar surface area (TPSA) is 93.4 Å². The van der Waals surface area contributed by atoms with Crippen molar-refractivity contribution in [3.05, 3.63) is 47.7 Å². The highest BCUT2D eigenvalue weighted by Gasteiger charge is 2.24. The van der Waals surface area contributed by atoms with E-state index in [0.29, 0.717) is 37.5 Å². The maximum Gasteiger partial charge on any atom is 0.274 e. The van der Waals surface area contributed by atoms with E-state index in [4.69, 9.17) is 9.26 Å². The van der Waals surface area contributed by atoms with Crippen LogP contribution in [-0.2, 0) is 11.3 Å². The van der Waals surface area contributed by atoms with Crippen molar-refractivity contribution in [2.24, 2.45) is 0 Å². The first-order chi connectivity index (χ1) is 12.7. The fourth-order valence-corrected chi connectivity index (χ4v) is 2.81. The van der Waals surface area contributed by atoms with Crippen molar-refractivity contribution in [2.45, 2.75) is 6.54 Å². The molecule has 0 radical (unpaired) electrons. The quantitative estimate of drug-likeness (QED) is 0.757. The zero-order valence-corrected chi connectivity index (χ0v) is 13.8. The fourth-order valence-electron chi connectivity index (χ4n) is 2.81. The molecule has 1 N–H and O–H groups in total. The molecule has 4 rings (SSSR count). The molecule has 0 spiro atoms. The Hall–Kier alpha value is -3.07. The normalized spacial score (nSPS) is 14.6. The molecule has 0 unspecified atom stereocenters. The molecule has 8 nitrogen and oxygen atoms in total. The van der Waals surface area contributed by atoms with E-state index in [-0.39, 0.29) is 23.8 Å². The number of hydrogen-bond acceptors (Lipinski definition) is 7. The Morgan fingerprint density at radius 1 is 1.19 bits per heavy atom. The second kappa shape index (κ2) is 7.04. The molecule has 0 aliphatic carbocycles. The largest absolute Gasteiger partial charge is 0.378 e. The second-order valence-corrected chi connectivity index (χ2v) is 5.82. The van der Waals surface area contributed by atoms with E-state index in [9.17, 15) is 9.18 Å². The monoisotopic (exact) mass is 357 g/mol. The lowest BCUT2D eigenvalue weighted by molar-refractivity contribution is 0.0943. The number of benzene rings is 1. The number of nitrogens with one attached hydrogen (secondary N) is 1. The summed E-state index contributed by atoms with van der Waals surface area (Å²) in [7, 11) is 0. The zero-order chi connectivity index (χ0) is 17.9. The van der Waals surface area contributed by atoms with Gasteiger partial charge < -0.3 is 19.5 Å². The first kappa shape index (κ1) is 16.4. The molecule has 1 aromatic carbocycles. The molecule has 1 aliphatic heterocycles. The minimum Gasteiger partial charge on any atom is -0.378 e. The highest BCUT2D eigenvalue weighted by molar-refractivity contribution is 6.07. The van der Waals surface area contributed by atoms with Crippen LogP contribution < -0.4 is 10.2 Å². The van der Waals surface area contributed by atoms with Crippen LogP contribution in [0.1, 0.15) is 16.1 Å². The van der Waals surface area contributed by atoms with Crippen LogP contribution in [0.15, 0.2) is 35.1 Å². The number of morpholine rings is 1. The van der Waals surface area contributed by atoms with Crippen molar-refractivity contribution in [2.75, 3.05) is 31.2 Å². The van der Waals surface area contributed by atoms with Gasteiger partial charge in [0.2, 0.25) is 0 Å². The molecule has 134 valence electrons. The van der Waals surface area contributed by atoms with E-state index in [1.165, 1.54) is 18.5 Å². The number of anilines is 1. The van der Waals surface area contributed by atoms with Crippen LogP contribution in [0.4, 0.5) is 10.2 Å². The van der Waals surface area contributed by atoms with Gasteiger partial charge >= 0.3 is 0 Å². The molecule has 0 saturated carbocycles. The van der Waals surface area contributed by atoms with Crippen molar-refractivity contribution in [1.82, 2.24) is 20.4 Å². The molecule has 9 heteroatoms. The number of hydrogen-bond donors (Lipinski definition) is 1. The first-order valence-electron chi connectivity index (χ1n) is 8.18. The number of aromatic nitrogens is 3. The number of halogens is 1. The van der Waals surface area contributed by atoms with Crippen LogP contribution in [0.2, 0.25) is 0 Å². The minimum absolute atomic E-state index is 0.129. The van der Waals surface area contributed by atoms with Gasteiger partial charge in [0.05, 0.1) is 13.2 Å². The van der Waals surface area contributed by atoms with Crippen molar-refractivity contribution >= 4 is 22.8 Å². The minimum atomic E-state index is -0.405. The van der Waals surface area contributed by atoms with Crippen molar-refractivity contribution in [1.29, 1.82) is 0 Å². The van der Waals surface area contributed by atoms with E-state index >= 15 is 0 Å². The van der Waals surface area contributed by atoms with Gasteiger partial charge in [-0.2, -0.15) is 4.98 Å². The van der Waals surface area contributed by atoms with E-state index in [1.807, 2.05) is 4.90 Å². The van der Waals surface area contributed by atoms with Crippen molar-refractivity contribution in [3.63, 3.8) is 0 Å². The Balaban J connectivity index is 1.59. The van der Waals surface area contributed by atoms with Crippen molar-refractivity contribution < 1.29 is 18.4 Å². The molecule has 3 heterocycles. The predicted octanol–water partition coefficient (Wildman–Crippen LogP) is 1.52. The van der Waals surface area contributed by atoms with Crippen LogP contribution in [0.25, 0.3) is 11.1 Å². The van der Waals surface area contributed by atoms with E-state index in [2.05, 4.69) is 20.4 Å². The summed E-state index contributed by atoms with van der Waals surface area (Å²) in [5.74, 6) is -0.126. The molecule has 26 heavy (non-hydrogen) atoms. The average molecular weight is 357 g/mol. The maximum atomic E-state index is 13.0. The lowest BCUT2D eigenvalue weighted by Crippen LogP contribution is -2.37. The summed E-state index contributed by atoms with van der Waals surface area (Å²) in [5, 5.41) is 7.11. The number of carbonyl (C=O) groups is 1. The van der Waals surface area contributed by atoms with Crippen LogP contribution in [0.5, 0.6) is 0 Å². The standard InChI is InChI=1S/C17H16FN5O3/c18-12-3-1-11(2-4-12)9-19-16(24)14-13-15(23-5-7-25-8-6-23)20-10-21-17(13)26-22-14/h1-4,10H,5-9H2,(H,19,24). The van der Waals surface area contributed by atoms with Gasteiger partial charge in [-0.3, -0.25) is 4.79 Å². The van der Waals surface area contributed by atoms with Gasteiger partial charge in [-0.25, -0.2) is 9.37 Å². The van der Waals surface area contributed by atoms with Gasteiger partial charge in [-0.1, -0.05) is 17.3 Å². The van der Waals surface area contributed by atoms with Crippen LogP contribution in [-0.4, -0.2) is 47.3 Å². The molecule has 1 fully saturated rings. The summed E-state index contributed by atoms with van der Waals surface area (Å²) in [6.45, 7) is 2.74. The SMILES string of the molecule is O=C(NCc1ccc(F)cc1)c1noc2ncnc(N3CCOCC3)c12. The Morgan fingerprint density at radius 3 is 2.73 bits per heavy atom. The highest BCUT2D eigenvalue weighted by Crippen LogP contribution is 2.27. The summed E-state index contributed by atoms with van der Waals surface area (Å²) in [6.07, 6.45) is 1.39.